The molecule has 6 nitrogen and oxygen atoms in total. The van der Waals surface area contributed by atoms with Gasteiger partial charge in [0.25, 0.3) is 11.5 Å². The van der Waals surface area contributed by atoms with Gasteiger partial charge >= 0.3 is 0 Å². The molecule has 1 unspecified atom stereocenters. The fraction of sp³-hybridized carbons (Fsp3) is 0.450. The maximum Gasteiger partial charge on any atom is 0.261 e. The van der Waals surface area contributed by atoms with E-state index in [1.165, 1.54) is 12.5 Å². The second-order valence-electron chi connectivity index (χ2n) is 7.26. The van der Waals surface area contributed by atoms with E-state index in [9.17, 15) is 14.4 Å². The van der Waals surface area contributed by atoms with Crippen LogP contribution in [-0.2, 0) is 6.42 Å². The number of hydrogen-bond donors (Lipinski definition) is 2. The summed E-state index contributed by atoms with van der Waals surface area (Å²) in [4.78, 5) is 40.3. The summed E-state index contributed by atoms with van der Waals surface area (Å²) in [6.07, 6.45) is 7.69. The molecule has 2 aliphatic carbocycles. The number of nitrogens with one attached hydrogen (secondary N) is 2. The van der Waals surface area contributed by atoms with E-state index in [1.807, 2.05) is 6.07 Å². The second-order valence-corrected chi connectivity index (χ2v) is 7.26. The van der Waals surface area contributed by atoms with Gasteiger partial charge in [0.2, 0.25) is 0 Å². The van der Waals surface area contributed by atoms with Gasteiger partial charge in [-0.3, -0.25) is 14.4 Å². The summed E-state index contributed by atoms with van der Waals surface area (Å²) in [6.45, 7) is 0. The zero-order valence-corrected chi connectivity index (χ0v) is 14.5. The first-order valence-corrected chi connectivity index (χ1v) is 9.25. The summed E-state index contributed by atoms with van der Waals surface area (Å²) in [5.41, 5.74) is 0.618. The van der Waals surface area contributed by atoms with Crippen LogP contribution < -0.4 is 10.9 Å². The third-order valence-electron chi connectivity index (χ3n) is 5.44. The van der Waals surface area contributed by atoms with Crippen LogP contribution in [0.25, 0.3) is 0 Å². The second kappa shape index (κ2) is 6.94. The number of aromatic nitrogens is 1. The lowest BCUT2D eigenvalue weighted by molar-refractivity contribution is 0.0926. The van der Waals surface area contributed by atoms with E-state index >= 15 is 0 Å². The third-order valence-corrected chi connectivity index (χ3v) is 5.44. The summed E-state index contributed by atoms with van der Waals surface area (Å²) in [5.74, 6) is 0.198. The largest absolute Gasteiger partial charge is 0.469 e. The van der Waals surface area contributed by atoms with Crippen molar-refractivity contribution in [2.45, 2.75) is 56.9 Å². The Hall–Kier alpha value is -2.63. The molecule has 6 heteroatoms. The number of carbonyl (C=O) groups excluding carboxylic acids is 2. The van der Waals surface area contributed by atoms with Gasteiger partial charge in [-0.15, -0.1) is 0 Å². The summed E-state index contributed by atoms with van der Waals surface area (Å²) >= 11 is 0. The van der Waals surface area contributed by atoms with E-state index in [2.05, 4.69) is 10.3 Å². The van der Waals surface area contributed by atoms with Gasteiger partial charge in [-0.05, 0) is 37.5 Å². The van der Waals surface area contributed by atoms with Crippen LogP contribution in [0.3, 0.4) is 0 Å². The van der Waals surface area contributed by atoms with Crippen molar-refractivity contribution in [3.8, 4) is 0 Å². The summed E-state index contributed by atoms with van der Waals surface area (Å²) in [6, 6.07) is 5.21. The molecule has 4 rings (SSSR count). The van der Waals surface area contributed by atoms with Crippen LogP contribution in [0.1, 0.15) is 76.6 Å². The smallest absolute Gasteiger partial charge is 0.261 e. The van der Waals surface area contributed by atoms with E-state index in [0.717, 1.165) is 31.4 Å². The minimum Gasteiger partial charge on any atom is -0.469 e. The van der Waals surface area contributed by atoms with E-state index in [-0.39, 0.29) is 29.2 Å². The molecule has 0 aliphatic heterocycles. The van der Waals surface area contributed by atoms with Crippen LogP contribution in [0.2, 0.25) is 0 Å². The Kier molecular flexibility index (Phi) is 4.49. The Labute approximate surface area is 151 Å². The number of H-pyrrole nitrogens is 1. The highest BCUT2D eigenvalue weighted by molar-refractivity contribution is 6.02. The molecule has 2 heterocycles. The van der Waals surface area contributed by atoms with Crippen molar-refractivity contribution in [1.29, 1.82) is 0 Å². The first-order valence-electron chi connectivity index (χ1n) is 9.25. The number of aromatic amines is 1. The highest BCUT2D eigenvalue weighted by Crippen LogP contribution is 2.31. The van der Waals surface area contributed by atoms with Crippen LogP contribution in [0.15, 0.2) is 33.7 Å². The molecular formula is C20H22N2O4. The average molecular weight is 354 g/mol. The molecule has 2 aliphatic rings. The number of ketones is 1. The number of amides is 1. The van der Waals surface area contributed by atoms with Crippen LogP contribution in [0.5, 0.6) is 0 Å². The molecule has 0 spiro atoms. The molecule has 2 aromatic heterocycles. The highest BCUT2D eigenvalue weighted by atomic mass is 16.3. The Balaban J connectivity index is 1.58. The Morgan fingerprint density at radius 1 is 1.15 bits per heavy atom. The lowest BCUT2D eigenvalue weighted by Gasteiger charge is -2.24. The summed E-state index contributed by atoms with van der Waals surface area (Å²) in [7, 11) is 0. The van der Waals surface area contributed by atoms with Gasteiger partial charge in [-0.2, -0.15) is 0 Å². The van der Waals surface area contributed by atoms with Crippen molar-refractivity contribution < 1.29 is 14.0 Å². The Morgan fingerprint density at radius 3 is 2.69 bits per heavy atom. The number of rotatable bonds is 3. The normalized spacial score (nSPS) is 20.6. The molecular weight excluding hydrogens is 332 g/mol. The van der Waals surface area contributed by atoms with Gasteiger partial charge < -0.3 is 14.7 Å². The number of furan rings is 1. The number of carbonyl (C=O) groups is 2. The zero-order valence-electron chi connectivity index (χ0n) is 14.5. The predicted molar refractivity (Wildman–Crippen MR) is 95.5 cm³/mol. The fourth-order valence-electron chi connectivity index (χ4n) is 4.03. The zero-order chi connectivity index (χ0) is 18.1. The van der Waals surface area contributed by atoms with Gasteiger partial charge in [0.05, 0.1) is 6.26 Å². The van der Waals surface area contributed by atoms with Crippen molar-refractivity contribution in [2.75, 3.05) is 0 Å². The molecule has 0 radical (unpaired) electrons. The third kappa shape index (κ3) is 3.23. The quantitative estimate of drug-likeness (QED) is 0.886. The minimum absolute atomic E-state index is 0.0270. The molecule has 2 N–H and O–H groups in total. The molecule has 2 aromatic rings. The molecule has 0 saturated heterocycles. The molecule has 1 fully saturated rings. The van der Waals surface area contributed by atoms with Gasteiger partial charge in [0.15, 0.2) is 5.78 Å². The molecule has 1 atom stereocenters. The van der Waals surface area contributed by atoms with Crippen molar-refractivity contribution in [3.63, 3.8) is 0 Å². The van der Waals surface area contributed by atoms with Crippen molar-refractivity contribution in [1.82, 2.24) is 10.3 Å². The van der Waals surface area contributed by atoms with E-state index in [0.29, 0.717) is 24.1 Å². The standard InChI is InChI=1S/C20H22N2O4/c23-17-10-12(18-7-4-8-26-18)9-16-14(17)11-15(20(25)22-16)19(24)21-13-5-2-1-3-6-13/h4,7-8,11-13H,1-3,5-6,9-10H2,(H,21,24)(H,22,25). The number of pyridine rings is 1. The van der Waals surface area contributed by atoms with Gasteiger partial charge in [0.1, 0.15) is 11.3 Å². The van der Waals surface area contributed by atoms with Crippen LogP contribution in [-0.4, -0.2) is 22.7 Å². The van der Waals surface area contributed by atoms with Crippen LogP contribution in [0.4, 0.5) is 0 Å². The fourth-order valence-corrected chi connectivity index (χ4v) is 4.03. The molecule has 1 amide bonds. The Bertz CT molecular complexity index is 876. The first kappa shape index (κ1) is 16.8. The van der Waals surface area contributed by atoms with E-state index in [1.54, 1.807) is 12.3 Å². The van der Waals surface area contributed by atoms with Crippen molar-refractivity contribution >= 4 is 11.7 Å². The van der Waals surface area contributed by atoms with E-state index in [4.69, 9.17) is 4.42 Å². The topological polar surface area (TPSA) is 92.2 Å². The summed E-state index contributed by atoms with van der Waals surface area (Å²) < 4.78 is 5.40. The predicted octanol–water partition coefficient (Wildman–Crippen LogP) is 2.94. The average Bonchev–Trinajstić information content (AvgIpc) is 3.16. The number of hydrogen-bond acceptors (Lipinski definition) is 4. The van der Waals surface area contributed by atoms with Gasteiger partial charge in [-0.25, -0.2) is 0 Å². The lowest BCUT2D eigenvalue weighted by atomic mass is 9.84. The van der Waals surface area contributed by atoms with Crippen molar-refractivity contribution in [3.05, 3.63) is 57.4 Å². The molecule has 0 aromatic carbocycles. The number of Topliss-reactive ketones (excluding diaryl/α,β-unsaturated/α-hetero) is 1. The molecule has 26 heavy (non-hydrogen) atoms. The molecule has 136 valence electrons. The number of fused-ring (bicyclic) bond motifs is 1. The van der Waals surface area contributed by atoms with Crippen molar-refractivity contribution in [2.24, 2.45) is 0 Å². The SMILES string of the molecule is O=C1CC(c2ccco2)Cc2[nH]c(=O)c(C(=O)NC3CCCCC3)cc21. The van der Waals surface area contributed by atoms with Gasteiger partial charge in [0, 0.05) is 29.6 Å². The summed E-state index contributed by atoms with van der Waals surface area (Å²) in [5, 5.41) is 2.94. The van der Waals surface area contributed by atoms with Crippen LogP contribution >= 0.6 is 0 Å². The first-order chi connectivity index (χ1) is 12.6. The highest BCUT2D eigenvalue weighted by Gasteiger charge is 2.30. The minimum atomic E-state index is -0.440. The molecule has 1 saturated carbocycles. The maximum absolute atomic E-state index is 12.6. The molecule has 0 bridgehead atoms. The Morgan fingerprint density at radius 2 is 1.96 bits per heavy atom. The van der Waals surface area contributed by atoms with E-state index < -0.39 is 5.56 Å². The maximum atomic E-state index is 12.6. The van der Waals surface area contributed by atoms with Gasteiger partial charge in [-0.1, -0.05) is 19.3 Å². The monoisotopic (exact) mass is 354 g/mol. The van der Waals surface area contributed by atoms with Crippen LogP contribution in [0, 0.1) is 0 Å². The lowest BCUT2D eigenvalue weighted by Crippen LogP contribution is -2.39.